The Morgan fingerprint density at radius 1 is 1.26 bits per heavy atom. The first kappa shape index (κ1) is 20.4. The molecule has 0 saturated carbocycles. The van der Waals surface area contributed by atoms with Gasteiger partial charge in [-0.1, -0.05) is 13.0 Å². The molecule has 0 aromatic carbocycles. The summed E-state index contributed by atoms with van der Waals surface area (Å²) in [6, 6.07) is 0. The summed E-state index contributed by atoms with van der Waals surface area (Å²) in [6.07, 6.45) is 3.91. The molecule has 134 valence electrons. The monoisotopic (exact) mass is 346 g/mol. The highest BCUT2D eigenvalue weighted by molar-refractivity contribution is 7.58. The number of carbonyl (C=O) groups is 1. The van der Waals surface area contributed by atoms with E-state index in [1.807, 2.05) is 33.8 Å². The third-order valence-corrected chi connectivity index (χ3v) is 6.06. The minimum atomic E-state index is -3.23. The maximum absolute atomic E-state index is 12.9. The lowest BCUT2D eigenvalue weighted by Gasteiger charge is -2.25. The topological polar surface area (TPSA) is 61.8 Å². The summed E-state index contributed by atoms with van der Waals surface area (Å²) in [5.41, 5.74) is -0.523. The van der Waals surface area contributed by atoms with Crippen LogP contribution in [0.25, 0.3) is 0 Å². The molecule has 0 heterocycles. The van der Waals surface area contributed by atoms with Gasteiger partial charge in [0, 0.05) is 11.2 Å². The summed E-state index contributed by atoms with van der Waals surface area (Å²) in [5.74, 6) is -0.225. The van der Waals surface area contributed by atoms with Gasteiger partial charge in [-0.3, -0.25) is 9.36 Å². The zero-order chi connectivity index (χ0) is 17.7. The SMILES string of the molecule is CCOP(=O)(OCC)C1=C[C@@H](C)[C@H](OC(=O)C(C)(C)C)CCC1. The van der Waals surface area contributed by atoms with Gasteiger partial charge in [0.25, 0.3) is 0 Å². The van der Waals surface area contributed by atoms with E-state index >= 15 is 0 Å². The summed E-state index contributed by atoms with van der Waals surface area (Å²) in [4.78, 5) is 12.1. The van der Waals surface area contributed by atoms with Crippen molar-refractivity contribution >= 4 is 13.6 Å². The van der Waals surface area contributed by atoms with Crippen LogP contribution in [-0.2, 0) is 23.1 Å². The summed E-state index contributed by atoms with van der Waals surface area (Å²) >= 11 is 0. The number of hydrogen-bond acceptors (Lipinski definition) is 5. The van der Waals surface area contributed by atoms with Gasteiger partial charge in [-0.15, -0.1) is 0 Å². The fourth-order valence-corrected chi connectivity index (χ4v) is 4.43. The second-order valence-electron chi connectivity index (χ2n) is 6.94. The molecule has 1 aliphatic carbocycles. The minimum absolute atomic E-state index is 0.0203. The number of hydrogen-bond donors (Lipinski definition) is 0. The fourth-order valence-electron chi connectivity index (χ4n) is 2.49. The first-order valence-corrected chi connectivity index (χ1v) is 9.99. The molecule has 0 radical (unpaired) electrons. The van der Waals surface area contributed by atoms with Crippen LogP contribution in [0.1, 0.15) is 60.8 Å². The number of esters is 1. The first-order chi connectivity index (χ1) is 10.6. The molecule has 23 heavy (non-hydrogen) atoms. The van der Waals surface area contributed by atoms with Crippen molar-refractivity contribution in [3.05, 3.63) is 11.4 Å². The van der Waals surface area contributed by atoms with Crippen molar-refractivity contribution in [1.82, 2.24) is 0 Å². The van der Waals surface area contributed by atoms with Crippen LogP contribution in [0.5, 0.6) is 0 Å². The Morgan fingerprint density at radius 2 is 1.83 bits per heavy atom. The van der Waals surface area contributed by atoms with Gasteiger partial charge in [0.15, 0.2) is 0 Å². The number of allylic oxidation sites excluding steroid dienone is 1. The molecule has 1 aliphatic rings. The van der Waals surface area contributed by atoms with E-state index < -0.39 is 13.0 Å². The van der Waals surface area contributed by atoms with Crippen LogP contribution in [0.2, 0.25) is 0 Å². The molecule has 0 saturated heterocycles. The molecule has 0 unspecified atom stereocenters. The molecule has 5 nitrogen and oxygen atoms in total. The molecule has 0 fully saturated rings. The molecule has 0 aromatic rings. The van der Waals surface area contributed by atoms with Crippen LogP contribution in [0.15, 0.2) is 11.4 Å². The Balaban J connectivity index is 2.93. The molecule has 0 spiro atoms. The van der Waals surface area contributed by atoms with Crippen LogP contribution in [0, 0.1) is 11.3 Å². The standard InChI is InChI=1S/C17H31O5P/c1-7-20-23(19,21-8-2)14-10-9-11-15(13(3)12-14)22-16(18)17(4,5)6/h12-13,15H,7-11H2,1-6H3/t13-,15-/m1/s1. The third-order valence-electron chi connectivity index (χ3n) is 3.78. The van der Waals surface area contributed by atoms with E-state index in [0.717, 1.165) is 12.8 Å². The molecule has 0 bridgehead atoms. The molecule has 0 amide bonds. The number of carbonyl (C=O) groups excluding carboxylic acids is 1. The van der Waals surface area contributed by atoms with Crippen molar-refractivity contribution in [2.24, 2.45) is 11.3 Å². The maximum Gasteiger partial charge on any atom is 0.356 e. The molecular formula is C17H31O5P. The molecular weight excluding hydrogens is 315 g/mol. The van der Waals surface area contributed by atoms with Gasteiger partial charge in [-0.2, -0.15) is 0 Å². The zero-order valence-electron chi connectivity index (χ0n) is 15.3. The van der Waals surface area contributed by atoms with E-state index in [4.69, 9.17) is 13.8 Å². The summed E-state index contributed by atoms with van der Waals surface area (Å²) in [6.45, 7) is 11.8. The van der Waals surface area contributed by atoms with Crippen molar-refractivity contribution in [1.29, 1.82) is 0 Å². The van der Waals surface area contributed by atoms with Crippen LogP contribution < -0.4 is 0 Å². The lowest BCUT2D eigenvalue weighted by molar-refractivity contribution is -0.160. The lowest BCUT2D eigenvalue weighted by Crippen LogP contribution is -2.31. The Bertz CT molecular complexity index is 468. The van der Waals surface area contributed by atoms with E-state index in [-0.39, 0.29) is 18.0 Å². The highest BCUT2D eigenvalue weighted by atomic mass is 31.2. The summed E-state index contributed by atoms with van der Waals surface area (Å²) in [5, 5.41) is 0.711. The van der Waals surface area contributed by atoms with Crippen LogP contribution in [-0.4, -0.2) is 25.3 Å². The third kappa shape index (κ3) is 5.74. The average molecular weight is 346 g/mol. The maximum atomic E-state index is 12.9. The van der Waals surface area contributed by atoms with E-state index in [1.165, 1.54) is 0 Å². The van der Waals surface area contributed by atoms with Gasteiger partial charge >= 0.3 is 13.6 Å². The van der Waals surface area contributed by atoms with Crippen molar-refractivity contribution in [2.45, 2.75) is 66.9 Å². The smallest absolute Gasteiger partial charge is 0.356 e. The summed E-state index contributed by atoms with van der Waals surface area (Å²) in [7, 11) is -3.23. The normalized spacial score (nSPS) is 23.1. The highest BCUT2D eigenvalue weighted by Gasteiger charge is 2.34. The second-order valence-corrected chi connectivity index (χ2v) is 9.02. The van der Waals surface area contributed by atoms with Crippen LogP contribution in [0.3, 0.4) is 0 Å². The molecule has 0 aromatic heterocycles. The number of ether oxygens (including phenoxy) is 1. The molecule has 2 atom stereocenters. The van der Waals surface area contributed by atoms with E-state index in [0.29, 0.717) is 24.9 Å². The molecule has 6 heteroatoms. The number of rotatable bonds is 6. The fraction of sp³-hybridized carbons (Fsp3) is 0.824. The van der Waals surface area contributed by atoms with Crippen LogP contribution in [0.4, 0.5) is 0 Å². The van der Waals surface area contributed by atoms with Crippen molar-refractivity contribution < 1.29 is 23.1 Å². The Labute approximate surface area is 140 Å². The lowest BCUT2D eigenvalue weighted by atomic mass is 9.96. The Morgan fingerprint density at radius 3 is 2.30 bits per heavy atom. The van der Waals surface area contributed by atoms with Gasteiger partial charge < -0.3 is 13.8 Å². The molecule has 1 rings (SSSR count). The van der Waals surface area contributed by atoms with Gasteiger partial charge in [0.1, 0.15) is 6.10 Å². The quantitative estimate of drug-likeness (QED) is 0.505. The zero-order valence-corrected chi connectivity index (χ0v) is 16.2. The first-order valence-electron chi connectivity index (χ1n) is 8.45. The second kappa shape index (κ2) is 8.46. The average Bonchev–Trinajstić information content (AvgIpc) is 2.61. The van der Waals surface area contributed by atoms with Gasteiger partial charge in [0.2, 0.25) is 0 Å². The predicted octanol–water partition coefficient (Wildman–Crippen LogP) is 4.91. The Kier molecular flexibility index (Phi) is 7.50. The molecule has 0 N–H and O–H groups in total. The van der Waals surface area contributed by atoms with Gasteiger partial charge in [-0.25, -0.2) is 0 Å². The van der Waals surface area contributed by atoms with Gasteiger partial charge in [0.05, 0.1) is 18.6 Å². The molecule has 0 aliphatic heterocycles. The van der Waals surface area contributed by atoms with E-state index in [2.05, 4.69) is 0 Å². The largest absolute Gasteiger partial charge is 0.461 e. The van der Waals surface area contributed by atoms with Crippen molar-refractivity contribution in [3.8, 4) is 0 Å². The van der Waals surface area contributed by atoms with E-state index in [1.54, 1.807) is 13.8 Å². The minimum Gasteiger partial charge on any atom is -0.461 e. The van der Waals surface area contributed by atoms with Gasteiger partial charge in [-0.05, 0) is 53.9 Å². The summed E-state index contributed by atoms with van der Waals surface area (Å²) < 4.78 is 29.5. The van der Waals surface area contributed by atoms with E-state index in [9.17, 15) is 9.36 Å². The van der Waals surface area contributed by atoms with Crippen molar-refractivity contribution in [3.63, 3.8) is 0 Å². The Hall–Kier alpha value is -0.640. The van der Waals surface area contributed by atoms with Crippen molar-refractivity contribution in [2.75, 3.05) is 13.2 Å². The van der Waals surface area contributed by atoms with Crippen LogP contribution >= 0.6 is 7.60 Å². The predicted molar refractivity (Wildman–Crippen MR) is 91.3 cm³/mol. The highest BCUT2D eigenvalue weighted by Crippen LogP contribution is 2.58.